The van der Waals surface area contributed by atoms with Gasteiger partial charge in [-0.25, -0.2) is 9.78 Å². The van der Waals surface area contributed by atoms with Crippen LogP contribution in [-0.4, -0.2) is 22.0 Å². The molecule has 0 aliphatic rings. The summed E-state index contributed by atoms with van der Waals surface area (Å²) < 4.78 is 5.20. The lowest BCUT2D eigenvalue weighted by Crippen LogP contribution is -2.13. The highest BCUT2D eigenvalue weighted by Gasteiger charge is 2.20. The second-order valence-corrected chi connectivity index (χ2v) is 5.95. The summed E-state index contributed by atoms with van der Waals surface area (Å²) in [5.74, 6) is 0.270. The molecule has 0 saturated carbocycles. The highest BCUT2D eigenvalue weighted by atomic mass is 32.1. The zero-order chi connectivity index (χ0) is 14.9. The van der Waals surface area contributed by atoms with Crippen LogP contribution in [-0.2, 0) is 11.2 Å². The van der Waals surface area contributed by atoms with Gasteiger partial charge in [-0.3, -0.25) is 4.79 Å². The first-order chi connectivity index (χ1) is 9.43. The van der Waals surface area contributed by atoms with E-state index in [0.29, 0.717) is 32.9 Å². The van der Waals surface area contributed by atoms with Crippen molar-refractivity contribution in [2.24, 2.45) is 0 Å². The minimum absolute atomic E-state index is 0.184. The number of hydrogen-bond acceptors (Lipinski definition) is 5. The molecular weight excluding hydrogens is 276 g/mol. The van der Waals surface area contributed by atoms with Gasteiger partial charge in [0.15, 0.2) is 0 Å². The summed E-state index contributed by atoms with van der Waals surface area (Å²) in [7, 11) is 0. The van der Waals surface area contributed by atoms with Gasteiger partial charge in [0.1, 0.15) is 15.5 Å². The number of rotatable bonds is 4. The normalized spacial score (nSPS) is 11.2. The topological polar surface area (TPSA) is 72.0 Å². The number of nitrogens with zero attached hydrogens (tertiary/aromatic N) is 1. The van der Waals surface area contributed by atoms with Gasteiger partial charge < -0.3 is 9.72 Å². The van der Waals surface area contributed by atoms with Crippen LogP contribution in [0.25, 0.3) is 10.2 Å². The van der Waals surface area contributed by atoms with Crippen LogP contribution in [0.4, 0.5) is 0 Å². The molecule has 108 valence electrons. The third kappa shape index (κ3) is 2.75. The van der Waals surface area contributed by atoms with Gasteiger partial charge in [0.2, 0.25) is 0 Å². The van der Waals surface area contributed by atoms with Gasteiger partial charge in [0.05, 0.1) is 11.5 Å². The molecule has 0 amide bonds. The summed E-state index contributed by atoms with van der Waals surface area (Å²) in [6.45, 7) is 7.37. The van der Waals surface area contributed by atoms with E-state index in [1.807, 2.05) is 6.92 Å². The predicted octanol–water partition coefficient (Wildman–Crippen LogP) is 2.81. The maximum absolute atomic E-state index is 12.1. The molecule has 0 bridgehead atoms. The van der Waals surface area contributed by atoms with E-state index in [4.69, 9.17) is 4.74 Å². The second-order valence-electron chi connectivity index (χ2n) is 4.95. The molecule has 0 saturated heterocycles. The van der Waals surface area contributed by atoms with E-state index >= 15 is 0 Å². The van der Waals surface area contributed by atoms with Crippen LogP contribution in [0, 0.1) is 6.92 Å². The van der Waals surface area contributed by atoms with Crippen molar-refractivity contribution in [2.75, 3.05) is 0 Å². The van der Waals surface area contributed by atoms with Crippen LogP contribution in [0.1, 0.15) is 48.3 Å². The maximum atomic E-state index is 12.1. The second kappa shape index (κ2) is 5.75. The molecule has 2 aromatic rings. The minimum atomic E-state index is -0.392. The molecule has 2 aromatic heterocycles. The van der Waals surface area contributed by atoms with Gasteiger partial charge in [0.25, 0.3) is 5.56 Å². The molecule has 0 aliphatic carbocycles. The van der Waals surface area contributed by atoms with Crippen molar-refractivity contribution >= 4 is 27.5 Å². The number of esters is 1. The summed E-state index contributed by atoms with van der Waals surface area (Å²) in [6.07, 6.45) is 1.43. The Hall–Kier alpha value is -1.69. The molecule has 0 atom stereocenters. The summed E-state index contributed by atoms with van der Waals surface area (Å²) in [4.78, 5) is 32.4. The average molecular weight is 294 g/mol. The number of ether oxygens (including phenoxy) is 1. The van der Waals surface area contributed by atoms with E-state index in [9.17, 15) is 9.59 Å². The van der Waals surface area contributed by atoms with Crippen LogP contribution in [0.15, 0.2) is 4.79 Å². The molecule has 0 spiro atoms. The van der Waals surface area contributed by atoms with E-state index in [1.54, 1.807) is 20.8 Å². The first kappa shape index (κ1) is 14.7. The molecule has 0 radical (unpaired) electrons. The Morgan fingerprint density at radius 1 is 1.45 bits per heavy atom. The molecule has 0 fully saturated rings. The van der Waals surface area contributed by atoms with Gasteiger partial charge in [-0.15, -0.1) is 11.3 Å². The first-order valence-electron chi connectivity index (χ1n) is 6.67. The number of nitrogens with one attached hydrogen (secondary N) is 1. The van der Waals surface area contributed by atoms with Crippen molar-refractivity contribution in [3.63, 3.8) is 0 Å². The predicted molar refractivity (Wildman–Crippen MR) is 79.5 cm³/mol. The van der Waals surface area contributed by atoms with Crippen LogP contribution < -0.4 is 5.56 Å². The molecule has 2 rings (SSSR count). The van der Waals surface area contributed by atoms with Gasteiger partial charge in [-0.05, 0) is 32.8 Å². The fourth-order valence-corrected chi connectivity index (χ4v) is 3.09. The van der Waals surface area contributed by atoms with Crippen LogP contribution in [0.5, 0.6) is 0 Å². The zero-order valence-corrected chi connectivity index (χ0v) is 12.9. The fraction of sp³-hybridized carbons (Fsp3) is 0.500. The highest BCUT2D eigenvalue weighted by Crippen LogP contribution is 2.27. The number of carbonyl (C=O) groups is 1. The van der Waals surface area contributed by atoms with Gasteiger partial charge in [-0.1, -0.05) is 6.92 Å². The van der Waals surface area contributed by atoms with Crippen LogP contribution in [0.2, 0.25) is 0 Å². The van der Waals surface area contributed by atoms with Crippen molar-refractivity contribution in [1.29, 1.82) is 0 Å². The molecule has 2 heterocycles. The molecule has 0 unspecified atom stereocenters. The zero-order valence-electron chi connectivity index (χ0n) is 12.1. The number of H-pyrrole nitrogens is 1. The Morgan fingerprint density at radius 2 is 2.15 bits per heavy atom. The average Bonchev–Trinajstić information content (AvgIpc) is 2.66. The summed E-state index contributed by atoms with van der Waals surface area (Å²) in [5, 5.41) is 0.491. The highest BCUT2D eigenvalue weighted by molar-refractivity contribution is 7.20. The molecule has 1 N–H and O–H groups in total. The standard InChI is InChI=1S/C14H18N2O3S/c1-5-6-9-15-12(17)10-8(4)11(20-13(10)16-9)14(18)19-7(2)3/h7H,5-6H2,1-4H3,(H,15,16,17). The largest absolute Gasteiger partial charge is 0.459 e. The maximum Gasteiger partial charge on any atom is 0.348 e. The van der Waals surface area contributed by atoms with Crippen LogP contribution >= 0.6 is 11.3 Å². The van der Waals surface area contributed by atoms with Crippen molar-refractivity contribution in [1.82, 2.24) is 9.97 Å². The number of thiophene rings is 1. The molecule has 0 aromatic carbocycles. The number of carbonyl (C=O) groups excluding carboxylic acids is 1. The summed E-state index contributed by atoms with van der Waals surface area (Å²) in [6, 6.07) is 0. The Bertz CT molecular complexity index is 700. The lowest BCUT2D eigenvalue weighted by molar-refractivity contribution is 0.0383. The quantitative estimate of drug-likeness (QED) is 0.880. The number of aromatic nitrogens is 2. The molecule has 5 nitrogen and oxygen atoms in total. The summed E-state index contributed by atoms with van der Waals surface area (Å²) >= 11 is 1.22. The Labute approximate surface area is 121 Å². The molecule has 6 heteroatoms. The van der Waals surface area contributed by atoms with Gasteiger partial charge in [0, 0.05) is 6.42 Å². The van der Waals surface area contributed by atoms with Crippen molar-refractivity contribution in [3.05, 3.63) is 26.6 Å². The van der Waals surface area contributed by atoms with Crippen molar-refractivity contribution < 1.29 is 9.53 Å². The smallest absolute Gasteiger partial charge is 0.348 e. The number of aromatic amines is 1. The third-order valence-corrected chi connectivity index (χ3v) is 4.03. The molecule has 20 heavy (non-hydrogen) atoms. The Balaban J connectivity index is 2.54. The fourth-order valence-electron chi connectivity index (χ4n) is 2.01. The SMILES string of the molecule is CCCc1nc2sc(C(=O)OC(C)C)c(C)c2c(=O)[nH]1. The van der Waals surface area contributed by atoms with E-state index in [0.717, 1.165) is 6.42 Å². The van der Waals surface area contributed by atoms with E-state index in [1.165, 1.54) is 11.3 Å². The molecular formula is C14H18N2O3S. The number of hydrogen-bond donors (Lipinski definition) is 1. The minimum Gasteiger partial charge on any atom is -0.459 e. The lowest BCUT2D eigenvalue weighted by atomic mass is 10.2. The Kier molecular flexibility index (Phi) is 4.23. The number of fused-ring (bicyclic) bond motifs is 1. The summed E-state index contributed by atoms with van der Waals surface area (Å²) in [5.41, 5.74) is 0.461. The van der Waals surface area contributed by atoms with Gasteiger partial charge >= 0.3 is 5.97 Å². The lowest BCUT2D eigenvalue weighted by Gasteiger charge is -2.06. The van der Waals surface area contributed by atoms with E-state index in [2.05, 4.69) is 9.97 Å². The van der Waals surface area contributed by atoms with E-state index in [-0.39, 0.29) is 11.7 Å². The molecule has 0 aliphatic heterocycles. The van der Waals surface area contributed by atoms with Gasteiger partial charge in [-0.2, -0.15) is 0 Å². The first-order valence-corrected chi connectivity index (χ1v) is 7.49. The third-order valence-electron chi connectivity index (χ3n) is 2.86. The monoisotopic (exact) mass is 294 g/mol. The number of aryl methyl sites for hydroxylation is 2. The van der Waals surface area contributed by atoms with Crippen LogP contribution in [0.3, 0.4) is 0 Å². The Morgan fingerprint density at radius 3 is 2.75 bits per heavy atom. The van der Waals surface area contributed by atoms with Crippen molar-refractivity contribution in [3.8, 4) is 0 Å². The van der Waals surface area contributed by atoms with Crippen molar-refractivity contribution in [2.45, 2.75) is 46.6 Å². The van der Waals surface area contributed by atoms with E-state index < -0.39 is 5.97 Å².